The highest BCUT2D eigenvalue weighted by Crippen LogP contribution is 2.34. The summed E-state index contributed by atoms with van der Waals surface area (Å²) in [5.41, 5.74) is 0.715. The highest BCUT2D eigenvalue weighted by Gasteiger charge is 2.57. The lowest BCUT2D eigenvalue weighted by Crippen LogP contribution is -2.71. The quantitative estimate of drug-likeness (QED) is 0.0992. The number of aliphatic hydroxyl groups is 3. The fourth-order valence-electron chi connectivity index (χ4n) is 4.53. The van der Waals surface area contributed by atoms with Gasteiger partial charge in [-0.2, -0.15) is 0 Å². The first-order valence-corrected chi connectivity index (χ1v) is 13.8. The summed E-state index contributed by atoms with van der Waals surface area (Å²) in [6.45, 7) is 2.23. The van der Waals surface area contributed by atoms with Gasteiger partial charge >= 0.3 is 18.0 Å². The predicted molar refractivity (Wildman–Crippen MR) is 146 cm³/mol. The average Bonchev–Trinajstić information content (AvgIpc) is 2.98. The van der Waals surface area contributed by atoms with E-state index in [1.165, 1.54) is 6.92 Å². The predicted octanol–water partition coefficient (Wildman–Crippen LogP) is 0.299. The number of alkyl carbamates (subject to hydrolysis) is 1. The van der Waals surface area contributed by atoms with Crippen LogP contribution in [-0.2, 0) is 44.7 Å². The van der Waals surface area contributed by atoms with Crippen molar-refractivity contribution >= 4 is 23.9 Å². The van der Waals surface area contributed by atoms with Gasteiger partial charge in [-0.05, 0) is 25.3 Å². The van der Waals surface area contributed by atoms with Gasteiger partial charge in [0.1, 0.15) is 24.9 Å². The molecule has 0 bridgehead atoms. The second kappa shape index (κ2) is 17.6. The van der Waals surface area contributed by atoms with E-state index in [-0.39, 0.29) is 38.6 Å². The third-order valence-electron chi connectivity index (χ3n) is 6.57. The number of aliphatic hydroxyl groups excluding tert-OH is 3. The molecule has 1 aliphatic heterocycles. The third kappa shape index (κ3) is 10.5. The van der Waals surface area contributed by atoms with Crippen molar-refractivity contribution < 1.29 is 58.2 Å². The van der Waals surface area contributed by atoms with Crippen LogP contribution in [0.4, 0.5) is 4.79 Å². The molecule has 6 atom stereocenters. The summed E-state index contributed by atoms with van der Waals surface area (Å²) in [6, 6.07) is 6.57. The molecule has 1 unspecified atom stereocenters. The minimum absolute atomic E-state index is 0.0424. The van der Waals surface area contributed by atoms with E-state index in [0.717, 1.165) is 7.11 Å². The number of esters is 2. The van der Waals surface area contributed by atoms with Gasteiger partial charge in [0.2, 0.25) is 5.91 Å². The SMILES string of the molecule is CCOC(=O)CCCCCO[C@]1(C(=O)OC)C[C@@H](NC(=O)OCc2ccccc2)[C@@H](NC(C)=O)C([C@H](O)[C@H](O)CO)O1. The number of ether oxygens (including phenoxy) is 5. The van der Waals surface area contributed by atoms with Crippen molar-refractivity contribution in [3.05, 3.63) is 35.9 Å². The van der Waals surface area contributed by atoms with Crippen molar-refractivity contribution in [2.75, 3.05) is 26.9 Å². The van der Waals surface area contributed by atoms with E-state index in [1.54, 1.807) is 31.2 Å². The highest BCUT2D eigenvalue weighted by molar-refractivity contribution is 5.79. The first-order valence-electron chi connectivity index (χ1n) is 13.8. The van der Waals surface area contributed by atoms with E-state index in [2.05, 4.69) is 10.6 Å². The number of amides is 2. The van der Waals surface area contributed by atoms with Gasteiger partial charge in [-0.25, -0.2) is 9.59 Å². The molecule has 42 heavy (non-hydrogen) atoms. The van der Waals surface area contributed by atoms with Crippen LogP contribution >= 0.6 is 0 Å². The van der Waals surface area contributed by atoms with E-state index in [0.29, 0.717) is 24.8 Å². The molecule has 0 saturated carbocycles. The zero-order chi connectivity index (χ0) is 31.1. The van der Waals surface area contributed by atoms with E-state index in [4.69, 9.17) is 23.7 Å². The molecule has 0 radical (unpaired) electrons. The number of carbonyl (C=O) groups excluding carboxylic acids is 4. The molecule has 5 N–H and O–H groups in total. The normalized spacial score (nSPS) is 23.2. The summed E-state index contributed by atoms with van der Waals surface area (Å²) in [7, 11) is 1.10. The molecule has 236 valence electrons. The zero-order valence-corrected chi connectivity index (χ0v) is 24.2. The number of rotatable bonds is 16. The zero-order valence-electron chi connectivity index (χ0n) is 24.2. The second-order valence-electron chi connectivity index (χ2n) is 9.77. The number of carbonyl (C=O) groups is 4. The molecular formula is C28H42N2O12. The van der Waals surface area contributed by atoms with Crippen LogP contribution in [0.25, 0.3) is 0 Å². The Labute approximate surface area is 244 Å². The maximum Gasteiger partial charge on any atom is 0.407 e. The molecule has 14 nitrogen and oxygen atoms in total. The Kier molecular flexibility index (Phi) is 14.6. The lowest BCUT2D eigenvalue weighted by molar-refractivity contribution is -0.302. The smallest absolute Gasteiger partial charge is 0.407 e. The third-order valence-corrected chi connectivity index (χ3v) is 6.57. The minimum atomic E-state index is -2.18. The maximum atomic E-state index is 13.1. The summed E-state index contributed by atoms with van der Waals surface area (Å²) < 4.78 is 27.0. The van der Waals surface area contributed by atoms with Crippen LogP contribution in [0, 0.1) is 0 Å². The lowest BCUT2D eigenvalue weighted by Gasteiger charge is -2.48. The number of nitrogens with one attached hydrogen (secondary N) is 2. The van der Waals surface area contributed by atoms with Crippen LogP contribution < -0.4 is 10.6 Å². The number of unbranched alkanes of at least 4 members (excludes halogenated alkanes) is 2. The van der Waals surface area contributed by atoms with E-state index >= 15 is 0 Å². The van der Waals surface area contributed by atoms with Gasteiger partial charge in [0, 0.05) is 19.8 Å². The average molecular weight is 599 g/mol. The van der Waals surface area contributed by atoms with Gasteiger partial charge in [0.25, 0.3) is 5.79 Å². The number of hydrogen-bond donors (Lipinski definition) is 5. The van der Waals surface area contributed by atoms with E-state index in [1.807, 2.05) is 6.07 Å². The topological polar surface area (TPSA) is 199 Å². The Morgan fingerprint density at radius 2 is 1.79 bits per heavy atom. The Hall–Kier alpha value is -3.30. The number of benzene rings is 1. The fraction of sp³-hybridized carbons (Fsp3) is 0.643. The molecule has 0 aliphatic carbocycles. The van der Waals surface area contributed by atoms with Crippen molar-refractivity contribution in [1.29, 1.82) is 0 Å². The molecule has 14 heteroatoms. The van der Waals surface area contributed by atoms with Gasteiger partial charge in [0.05, 0.1) is 39.0 Å². The minimum Gasteiger partial charge on any atom is -0.466 e. The van der Waals surface area contributed by atoms with Crippen LogP contribution in [0.2, 0.25) is 0 Å². The summed E-state index contributed by atoms with van der Waals surface area (Å²) in [5, 5.41) is 35.8. The molecule has 1 aromatic rings. The largest absolute Gasteiger partial charge is 0.466 e. The molecule has 2 amide bonds. The van der Waals surface area contributed by atoms with Gasteiger partial charge < -0.3 is 49.6 Å². The Morgan fingerprint density at radius 1 is 1.07 bits per heavy atom. The number of hydrogen-bond acceptors (Lipinski definition) is 12. The summed E-state index contributed by atoms with van der Waals surface area (Å²) in [5.74, 6) is -4.05. The molecular weight excluding hydrogens is 556 g/mol. The Morgan fingerprint density at radius 3 is 2.40 bits per heavy atom. The maximum absolute atomic E-state index is 13.1. The van der Waals surface area contributed by atoms with E-state index in [9.17, 15) is 34.5 Å². The van der Waals surface area contributed by atoms with Crippen molar-refractivity contribution in [3.8, 4) is 0 Å². The molecule has 2 rings (SSSR count). The standard InChI is InChI=1S/C28H42N2O12/c1-4-39-22(34)13-9-6-10-14-41-28(26(36)38-3)15-20(30-27(37)40-17-19-11-7-5-8-12-19)23(29-18(2)32)25(42-28)24(35)21(33)16-31/h5,7-8,11-12,20-21,23-25,31,33,35H,4,6,9-10,13-17H2,1-3H3,(H,29,32)(H,30,37)/t20-,21-,23-,24-,25?,28-/m1/s1. The van der Waals surface area contributed by atoms with Crippen LogP contribution in [0.3, 0.4) is 0 Å². The first-order chi connectivity index (χ1) is 20.1. The van der Waals surface area contributed by atoms with Crippen LogP contribution in [0.5, 0.6) is 0 Å². The molecule has 1 fully saturated rings. The number of methoxy groups -OCH3 is 1. The Balaban J connectivity index is 2.28. The van der Waals surface area contributed by atoms with Crippen molar-refractivity contribution in [1.82, 2.24) is 10.6 Å². The lowest BCUT2D eigenvalue weighted by atomic mass is 9.86. The molecule has 1 aliphatic rings. The van der Waals surface area contributed by atoms with Gasteiger partial charge in [0.15, 0.2) is 0 Å². The van der Waals surface area contributed by atoms with Gasteiger partial charge in [-0.3, -0.25) is 9.59 Å². The summed E-state index contributed by atoms with van der Waals surface area (Å²) in [4.78, 5) is 49.6. The fourth-order valence-corrected chi connectivity index (χ4v) is 4.53. The highest BCUT2D eigenvalue weighted by atomic mass is 16.7. The molecule has 0 spiro atoms. The second-order valence-corrected chi connectivity index (χ2v) is 9.77. The molecule has 1 heterocycles. The van der Waals surface area contributed by atoms with Crippen molar-refractivity contribution in [3.63, 3.8) is 0 Å². The van der Waals surface area contributed by atoms with Crippen molar-refractivity contribution in [2.24, 2.45) is 0 Å². The van der Waals surface area contributed by atoms with E-state index < -0.39 is 60.8 Å². The molecule has 1 saturated heterocycles. The van der Waals surface area contributed by atoms with Gasteiger partial charge in [-0.15, -0.1) is 0 Å². The van der Waals surface area contributed by atoms with Crippen LogP contribution in [-0.4, -0.2) is 102 Å². The summed E-state index contributed by atoms with van der Waals surface area (Å²) >= 11 is 0. The van der Waals surface area contributed by atoms with Crippen LogP contribution in [0.1, 0.15) is 51.5 Å². The van der Waals surface area contributed by atoms with Crippen LogP contribution in [0.15, 0.2) is 30.3 Å². The monoisotopic (exact) mass is 598 g/mol. The van der Waals surface area contributed by atoms with Crippen molar-refractivity contribution in [2.45, 2.75) is 88.7 Å². The molecule has 1 aromatic carbocycles. The Bertz CT molecular complexity index is 1010. The molecule has 0 aromatic heterocycles. The first kappa shape index (κ1) is 34.9. The summed E-state index contributed by atoms with van der Waals surface area (Å²) in [6.07, 6.45) is -4.68. The van der Waals surface area contributed by atoms with Gasteiger partial charge in [-0.1, -0.05) is 36.8 Å².